The third-order valence-corrected chi connectivity index (χ3v) is 11.9. The number of ether oxygens (including phenoxy) is 2. The fraction of sp³-hybridized carbons (Fsp3) is 0.158. The molecule has 10 rings (SSSR count). The number of rotatable bonds is 11. The van der Waals surface area contributed by atoms with E-state index in [2.05, 4.69) is 46.9 Å². The number of halogens is 1. The zero-order valence-corrected chi connectivity index (χ0v) is 43.3. The molecule has 8 aromatic rings. The smallest absolute Gasteiger partial charge is 0.412 e. The molecule has 0 radical (unpaired) electrons. The van der Waals surface area contributed by atoms with Gasteiger partial charge in [0, 0.05) is 29.0 Å². The van der Waals surface area contributed by atoms with Crippen molar-refractivity contribution in [2.45, 2.75) is 58.4 Å². The summed E-state index contributed by atoms with van der Waals surface area (Å²) < 4.78 is 10.3. The van der Waals surface area contributed by atoms with E-state index in [1.54, 1.807) is 60.7 Å². The van der Waals surface area contributed by atoms with Gasteiger partial charge in [-0.15, -0.1) is 17.0 Å². The highest BCUT2D eigenvalue weighted by molar-refractivity contribution is 8.93. The van der Waals surface area contributed by atoms with E-state index in [1.165, 1.54) is 24.7 Å². The lowest BCUT2D eigenvalue weighted by Crippen LogP contribution is -2.52. The molecule has 2 saturated heterocycles. The first-order valence-electron chi connectivity index (χ1n) is 24.1. The lowest BCUT2D eigenvalue weighted by atomic mass is 10.0. The van der Waals surface area contributed by atoms with Gasteiger partial charge in [0.25, 0.3) is 11.8 Å². The van der Waals surface area contributed by atoms with E-state index in [1.807, 2.05) is 66.7 Å². The lowest BCUT2D eigenvalue weighted by molar-refractivity contribution is -0.136. The summed E-state index contributed by atoms with van der Waals surface area (Å²) in [5.74, 6) is -3.60. The first-order chi connectivity index (χ1) is 37.7. The summed E-state index contributed by atoms with van der Waals surface area (Å²) in [6.45, 7) is 0.301. The second-order valence-corrected chi connectivity index (χ2v) is 17.5. The molecule has 80 heavy (non-hydrogen) atoms. The van der Waals surface area contributed by atoms with Gasteiger partial charge in [0.1, 0.15) is 25.3 Å². The van der Waals surface area contributed by atoms with Crippen molar-refractivity contribution in [1.29, 1.82) is 0 Å². The normalized spacial score (nSPS) is 14.3. The van der Waals surface area contributed by atoms with Gasteiger partial charge in [0.05, 0.1) is 68.9 Å². The fourth-order valence-electron chi connectivity index (χ4n) is 8.06. The number of aromatic nitrogens is 3. The average Bonchev–Trinajstić information content (AvgIpc) is 3.46. The van der Waals surface area contributed by atoms with Gasteiger partial charge in [-0.3, -0.25) is 65.0 Å². The number of nitrogens with zero attached hydrogens (tertiary/aromatic N) is 3. The number of aromatic carboxylic acids is 1. The minimum Gasteiger partial charge on any atom is -0.478 e. The molecule has 0 aliphatic carbocycles. The van der Waals surface area contributed by atoms with Crippen LogP contribution < -0.4 is 37.6 Å². The van der Waals surface area contributed by atoms with E-state index in [0.29, 0.717) is 56.4 Å². The second-order valence-electron chi connectivity index (χ2n) is 17.5. The summed E-state index contributed by atoms with van der Waals surface area (Å²) in [7, 11) is 0. The quantitative estimate of drug-likeness (QED) is 0.0573. The summed E-state index contributed by atoms with van der Waals surface area (Å²) in [6, 6.07) is 37.2. The summed E-state index contributed by atoms with van der Waals surface area (Å²) >= 11 is 0. The SMILES string of the molecule is Br.C.Nc1cnc2c(C(=O)NC3CCC(=O)NC3=O)cccc2c1.O=C(Nc1cnc2c(C(=O)O)cccc2c1)OCc1ccccc1.O=C1CCC(NC(=O)c2cccc3cc(NC(=O)OCc4ccccc4)cnc23)C(=O)N1. The zero-order chi connectivity index (χ0) is 55.1. The van der Waals surface area contributed by atoms with E-state index >= 15 is 0 Å². The van der Waals surface area contributed by atoms with Crippen LogP contribution in [0.2, 0.25) is 0 Å². The Morgan fingerprint density at radius 3 is 1.34 bits per heavy atom. The van der Waals surface area contributed by atoms with Crippen molar-refractivity contribution in [2.75, 3.05) is 16.4 Å². The maximum Gasteiger partial charge on any atom is 0.412 e. The summed E-state index contributed by atoms with van der Waals surface area (Å²) in [5.41, 5.74) is 10.9. The molecule has 2 aliphatic heterocycles. The number of para-hydroxylation sites is 3. The van der Waals surface area contributed by atoms with Gasteiger partial charge in [-0.1, -0.05) is 104 Å². The van der Waals surface area contributed by atoms with Crippen molar-refractivity contribution >= 4 is 120 Å². The molecular weight excluding hydrogens is 1100 g/mol. The van der Waals surface area contributed by atoms with Crippen LogP contribution in [-0.4, -0.2) is 85.7 Å². The van der Waals surface area contributed by atoms with Crippen molar-refractivity contribution in [3.8, 4) is 0 Å². The Hall–Kier alpha value is -10.2. The van der Waals surface area contributed by atoms with E-state index in [9.17, 15) is 43.2 Å². The number of nitrogens with one attached hydrogen (secondary N) is 6. The largest absolute Gasteiger partial charge is 0.478 e. The Morgan fingerprint density at radius 1 is 0.537 bits per heavy atom. The number of piperidine rings is 2. The van der Waals surface area contributed by atoms with Gasteiger partial charge >= 0.3 is 18.2 Å². The van der Waals surface area contributed by atoms with Gasteiger partial charge in [-0.2, -0.15) is 0 Å². The number of carbonyl (C=O) groups excluding carboxylic acids is 8. The number of carbonyl (C=O) groups is 9. The van der Waals surface area contributed by atoms with Gasteiger partial charge < -0.3 is 30.9 Å². The monoisotopic (exact) mass is 1150 g/mol. The molecule has 3 aromatic heterocycles. The van der Waals surface area contributed by atoms with Crippen molar-refractivity contribution in [2.24, 2.45) is 0 Å². The number of nitrogen functional groups attached to an aromatic ring is 1. The summed E-state index contributed by atoms with van der Waals surface area (Å²) in [4.78, 5) is 119. The fourth-order valence-corrected chi connectivity index (χ4v) is 8.06. The molecule has 5 aromatic carbocycles. The van der Waals surface area contributed by atoms with Crippen LogP contribution in [0.4, 0.5) is 26.7 Å². The topological polar surface area (TPSA) is 329 Å². The van der Waals surface area contributed by atoms with E-state index in [0.717, 1.165) is 16.5 Å². The first-order valence-corrected chi connectivity index (χ1v) is 24.1. The molecule has 2 unspecified atom stereocenters. The van der Waals surface area contributed by atoms with Gasteiger partial charge in [-0.25, -0.2) is 14.4 Å². The lowest BCUT2D eigenvalue weighted by Gasteiger charge is -2.22. The first kappa shape index (κ1) is 59.1. The number of hydrogen-bond acceptors (Lipinski definition) is 15. The number of carboxylic acid groups (broad SMARTS) is 1. The van der Waals surface area contributed by atoms with Crippen LogP contribution in [0.15, 0.2) is 152 Å². The van der Waals surface area contributed by atoms with Crippen molar-refractivity contribution in [3.63, 3.8) is 0 Å². The summed E-state index contributed by atoms with van der Waals surface area (Å²) in [6.07, 6.45) is 3.99. The standard InChI is InChI=1S/C23H20N4O5.C18H14N2O4.C15H14N4O3.CH4.BrH/c28-19-10-9-18(22(30)27-19)26-21(29)17-8-4-7-15-11-16(12-24-20(15)17)25-23(31)32-13-14-5-2-1-3-6-14;21-17(22)15-8-4-7-13-9-14(10-19-16(13)15)20-18(23)24-11-12-5-2-1-3-6-12;16-9-6-8-2-1-3-10(13(8)17-7-9)14(21)18-11-4-5-12(20)19-15(11)22;;/h1-8,11-12,18H,9-10,13H2,(H,25,31)(H,26,29)(H,27,28,30);1-10H,11H2,(H,20,23)(H,21,22);1-3,6-7,11H,4-5,16H2,(H,18,21)(H,19,20,22);1H4;1H. The molecule has 2 fully saturated rings. The van der Waals surface area contributed by atoms with E-state index < -0.39 is 53.9 Å². The van der Waals surface area contributed by atoms with Crippen molar-refractivity contribution in [3.05, 3.63) is 180 Å². The van der Waals surface area contributed by atoms with Crippen LogP contribution in [0.5, 0.6) is 0 Å². The molecule has 2 atom stereocenters. The number of amides is 8. The number of fused-ring (bicyclic) bond motifs is 3. The van der Waals surface area contributed by atoms with Gasteiger partial charge in [0.2, 0.25) is 23.6 Å². The van der Waals surface area contributed by atoms with Crippen LogP contribution in [0, 0.1) is 0 Å². The average molecular weight is 1150 g/mol. The highest BCUT2D eigenvalue weighted by Gasteiger charge is 2.30. The maximum atomic E-state index is 12.7. The molecule has 22 nitrogen and oxygen atoms in total. The highest BCUT2D eigenvalue weighted by atomic mass is 79.9. The number of imide groups is 2. The number of carboxylic acids is 1. The molecule has 410 valence electrons. The number of pyridine rings is 3. The Kier molecular flexibility index (Phi) is 20.5. The maximum absolute atomic E-state index is 12.7. The number of nitrogens with two attached hydrogens (primary N) is 1. The minimum absolute atomic E-state index is 0. The van der Waals surface area contributed by atoms with Crippen molar-refractivity contribution < 1.29 is 57.7 Å². The van der Waals surface area contributed by atoms with E-state index in [-0.39, 0.29) is 79.8 Å². The Bertz CT molecular complexity index is 3630. The van der Waals surface area contributed by atoms with Crippen molar-refractivity contribution in [1.82, 2.24) is 36.2 Å². The molecule has 5 heterocycles. The molecular formula is C57H53BrN10O12. The number of benzene rings is 5. The molecule has 9 N–H and O–H groups in total. The molecule has 0 bridgehead atoms. The summed E-state index contributed by atoms with van der Waals surface area (Å²) in [5, 5.41) is 26.0. The number of hydrogen-bond donors (Lipinski definition) is 8. The molecule has 0 spiro atoms. The minimum atomic E-state index is -1.05. The zero-order valence-electron chi connectivity index (χ0n) is 41.6. The second kappa shape index (κ2) is 27.8. The van der Waals surface area contributed by atoms with Crippen LogP contribution in [0.1, 0.15) is 75.3 Å². The molecule has 2 aliphatic rings. The molecule has 8 amide bonds. The van der Waals surface area contributed by atoms with Crippen LogP contribution in [0.25, 0.3) is 32.7 Å². The third-order valence-electron chi connectivity index (χ3n) is 11.9. The predicted molar refractivity (Wildman–Crippen MR) is 301 cm³/mol. The third kappa shape index (κ3) is 15.7. The van der Waals surface area contributed by atoms with Gasteiger partial charge in [0.15, 0.2) is 0 Å². The number of anilines is 3. The van der Waals surface area contributed by atoms with Crippen LogP contribution >= 0.6 is 17.0 Å². The Morgan fingerprint density at radius 2 is 0.925 bits per heavy atom. The van der Waals surface area contributed by atoms with Crippen LogP contribution in [-0.2, 0) is 41.9 Å². The molecule has 0 saturated carbocycles. The van der Waals surface area contributed by atoms with E-state index in [4.69, 9.17) is 20.3 Å². The van der Waals surface area contributed by atoms with Gasteiger partial charge in [-0.05, 0) is 60.4 Å². The van der Waals surface area contributed by atoms with Crippen LogP contribution in [0.3, 0.4) is 0 Å². The highest BCUT2D eigenvalue weighted by Crippen LogP contribution is 2.23. The predicted octanol–water partition coefficient (Wildman–Crippen LogP) is 7.77. The Labute approximate surface area is 467 Å². The molecule has 23 heteroatoms. The Balaban J connectivity index is 0.000000195.